The van der Waals surface area contributed by atoms with Crippen LogP contribution in [0.3, 0.4) is 0 Å². The summed E-state index contributed by atoms with van der Waals surface area (Å²) in [5.74, 6) is 0.512. The van der Waals surface area contributed by atoms with Crippen molar-refractivity contribution in [3.8, 4) is 5.75 Å². The van der Waals surface area contributed by atoms with Gasteiger partial charge in [0.2, 0.25) is 0 Å². The second-order valence-electron chi connectivity index (χ2n) is 4.85. The van der Waals surface area contributed by atoms with E-state index in [-0.39, 0.29) is 11.4 Å². The van der Waals surface area contributed by atoms with E-state index in [9.17, 15) is 0 Å². The molecular formula is C12H20N4O2. The molecule has 1 aromatic rings. The number of rotatable bonds is 5. The van der Waals surface area contributed by atoms with Crippen LogP contribution >= 0.6 is 0 Å². The molecule has 0 bridgehead atoms. The van der Waals surface area contributed by atoms with Gasteiger partial charge in [0, 0.05) is 11.7 Å². The molecule has 18 heavy (non-hydrogen) atoms. The maximum atomic E-state index is 8.71. The quantitative estimate of drug-likeness (QED) is 0.352. The number of nitrogens with zero attached hydrogens (tertiary/aromatic N) is 3. The largest absolute Gasteiger partial charge is 0.489 e. The highest BCUT2D eigenvalue weighted by Crippen LogP contribution is 2.19. The Kier molecular flexibility index (Phi) is 4.49. The van der Waals surface area contributed by atoms with Gasteiger partial charge in [-0.1, -0.05) is 5.16 Å². The highest BCUT2D eigenvalue weighted by Gasteiger charge is 2.22. The fourth-order valence-electron chi connectivity index (χ4n) is 1.14. The standard InChI is InChI=1S/C12H20N4O2/c1-12(2,16(3)4)8-18-10-7-14-6-5-9(10)11(13)15-17/h5-7,17H,8H2,1-4H3,(H2,13,15). The normalized spacial score (nSPS) is 12.8. The van der Waals surface area contributed by atoms with Crippen molar-refractivity contribution < 1.29 is 9.94 Å². The van der Waals surface area contributed by atoms with E-state index in [1.54, 1.807) is 18.5 Å². The molecule has 0 unspecified atom stereocenters. The van der Waals surface area contributed by atoms with Gasteiger partial charge in [-0.05, 0) is 34.0 Å². The van der Waals surface area contributed by atoms with Gasteiger partial charge in [0.1, 0.15) is 12.4 Å². The summed E-state index contributed by atoms with van der Waals surface area (Å²) in [6.07, 6.45) is 3.12. The third kappa shape index (κ3) is 3.33. The van der Waals surface area contributed by atoms with Crippen LogP contribution in [0.2, 0.25) is 0 Å². The molecular weight excluding hydrogens is 232 g/mol. The van der Waals surface area contributed by atoms with Gasteiger partial charge in [0.25, 0.3) is 0 Å². The fraction of sp³-hybridized carbons (Fsp3) is 0.500. The Bertz CT molecular complexity index is 430. The van der Waals surface area contributed by atoms with Gasteiger partial charge < -0.3 is 20.6 Å². The zero-order chi connectivity index (χ0) is 13.8. The Labute approximate surface area is 107 Å². The maximum Gasteiger partial charge on any atom is 0.173 e. The summed E-state index contributed by atoms with van der Waals surface area (Å²) in [7, 11) is 3.97. The summed E-state index contributed by atoms with van der Waals surface area (Å²) in [6.45, 7) is 4.59. The van der Waals surface area contributed by atoms with Crippen molar-refractivity contribution in [1.82, 2.24) is 9.88 Å². The van der Waals surface area contributed by atoms with Crippen LogP contribution in [0, 0.1) is 0 Å². The average Bonchev–Trinajstić information content (AvgIpc) is 2.35. The highest BCUT2D eigenvalue weighted by molar-refractivity contribution is 5.99. The molecule has 0 aromatic carbocycles. The molecule has 0 atom stereocenters. The van der Waals surface area contributed by atoms with Gasteiger partial charge in [0.05, 0.1) is 11.8 Å². The number of hydrogen-bond donors (Lipinski definition) is 2. The Hall–Kier alpha value is -1.82. The van der Waals surface area contributed by atoms with Gasteiger partial charge in [-0.2, -0.15) is 0 Å². The zero-order valence-electron chi connectivity index (χ0n) is 11.2. The van der Waals surface area contributed by atoms with Gasteiger partial charge in [0.15, 0.2) is 5.84 Å². The first-order valence-electron chi connectivity index (χ1n) is 5.60. The van der Waals surface area contributed by atoms with E-state index in [4.69, 9.17) is 15.7 Å². The maximum absolute atomic E-state index is 8.71. The Balaban J connectivity index is 2.86. The lowest BCUT2D eigenvalue weighted by Gasteiger charge is -2.32. The van der Waals surface area contributed by atoms with Crippen molar-refractivity contribution >= 4 is 5.84 Å². The van der Waals surface area contributed by atoms with Gasteiger partial charge in [-0.3, -0.25) is 4.98 Å². The van der Waals surface area contributed by atoms with Crippen LogP contribution in [0.4, 0.5) is 0 Å². The third-order valence-electron chi connectivity index (χ3n) is 2.96. The van der Waals surface area contributed by atoms with E-state index in [0.717, 1.165) is 0 Å². The van der Waals surface area contributed by atoms with Gasteiger partial charge >= 0.3 is 0 Å². The molecule has 0 spiro atoms. The molecule has 1 rings (SSSR count). The van der Waals surface area contributed by atoms with E-state index in [1.807, 2.05) is 14.1 Å². The molecule has 1 heterocycles. The van der Waals surface area contributed by atoms with Crippen LogP contribution in [-0.4, -0.2) is 47.2 Å². The summed E-state index contributed by atoms with van der Waals surface area (Å²) in [4.78, 5) is 6.04. The lowest BCUT2D eigenvalue weighted by molar-refractivity contribution is 0.113. The second-order valence-corrected chi connectivity index (χ2v) is 4.85. The van der Waals surface area contributed by atoms with Crippen molar-refractivity contribution in [3.05, 3.63) is 24.0 Å². The summed E-state index contributed by atoms with van der Waals surface area (Å²) < 4.78 is 5.71. The Morgan fingerprint density at radius 1 is 1.56 bits per heavy atom. The number of pyridine rings is 1. The van der Waals surface area contributed by atoms with Crippen molar-refractivity contribution in [2.75, 3.05) is 20.7 Å². The molecule has 3 N–H and O–H groups in total. The lowest BCUT2D eigenvalue weighted by Crippen LogP contribution is -2.43. The van der Waals surface area contributed by atoms with Gasteiger partial charge in [-0.25, -0.2) is 0 Å². The van der Waals surface area contributed by atoms with E-state index in [2.05, 4.69) is 28.9 Å². The van der Waals surface area contributed by atoms with E-state index < -0.39 is 0 Å². The van der Waals surface area contributed by atoms with Crippen molar-refractivity contribution in [1.29, 1.82) is 0 Å². The molecule has 0 aliphatic rings. The zero-order valence-corrected chi connectivity index (χ0v) is 11.2. The summed E-state index contributed by atoms with van der Waals surface area (Å²) in [5.41, 5.74) is 5.98. The number of ether oxygens (including phenoxy) is 1. The second kappa shape index (κ2) is 5.68. The SMILES string of the molecule is CN(C)C(C)(C)COc1cnccc1/C(N)=N/O. The number of aromatic nitrogens is 1. The lowest BCUT2D eigenvalue weighted by atomic mass is 10.1. The number of likely N-dealkylation sites (N-methyl/N-ethyl adjacent to an activating group) is 1. The first-order valence-corrected chi connectivity index (χ1v) is 5.60. The molecule has 100 valence electrons. The third-order valence-corrected chi connectivity index (χ3v) is 2.96. The molecule has 1 aromatic heterocycles. The molecule has 0 aliphatic carbocycles. The van der Waals surface area contributed by atoms with E-state index >= 15 is 0 Å². The highest BCUT2D eigenvalue weighted by atomic mass is 16.5. The minimum absolute atomic E-state index is 0.00931. The molecule has 0 radical (unpaired) electrons. The van der Waals surface area contributed by atoms with Crippen LogP contribution in [-0.2, 0) is 0 Å². The Morgan fingerprint density at radius 3 is 2.78 bits per heavy atom. The van der Waals surface area contributed by atoms with Crippen LogP contribution in [0.5, 0.6) is 5.75 Å². The monoisotopic (exact) mass is 252 g/mol. The predicted octanol–water partition coefficient (Wildman–Crippen LogP) is 0.895. The first-order chi connectivity index (χ1) is 8.38. The summed E-state index contributed by atoms with van der Waals surface area (Å²) >= 11 is 0. The van der Waals surface area contributed by atoms with E-state index in [0.29, 0.717) is 17.9 Å². The minimum atomic E-state index is -0.127. The molecule has 0 aliphatic heterocycles. The Morgan fingerprint density at radius 2 is 2.22 bits per heavy atom. The predicted molar refractivity (Wildman–Crippen MR) is 70.0 cm³/mol. The molecule has 6 heteroatoms. The summed E-state index contributed by atoms with van der Waals surface area (Å²) in [6, 6.07) is 1.65. The summed E-state index contributed by atoms with van der Waals surface area (Å²) in [5, 5.41) is 11.7. The number of nitrogens with two attached hydrogens (primary N) is 1. The topological polar surface area (TPSA) is 84.0 Å². The number of amidine groups is 1. The number of hydrogen-bond acceptors (Lipinski definition) is 5. The smallest absolute Gasteiger partial charge is 0.173 e. The van der Waals surface area contributed by atoms with Crippen molar-refractivity contribution in [2.45, 2.75) is 19.4 Å². The van der Waals surface area contributed by atoms with Crippen LogP contribution in [0.15, 0.2) is 23.6 Å². The first kappa shape index (κ1) is 14.2. The molecule has 6 nitrogen and oxygen atoms in total. The van der Waals surface area contributed by atoms with Crippen LogP contribution in [0.1, 0.15) is 19.4 Å². The molecule has 0 saturated carbocycles. The average molecular weight is 252 g/mol. The van der Waals surface area contributed by atoms with Crippen LogP contribution in [0.25, 0.3) is 0 Å². The molecule has 0 saturated heterocycles. The van der Waals surface area contributed by atoms with Gasteiger partial charge in [-0.15, -0.1) is 0 Å². The minimum Gasteiger partial charge on any atom is -0.489 e. The molecule has 0 fully saturated rings. The van der Waals surface area contributed by atoms with Crippen molar-refractivity contribution in [2.24, 2.45) is 10.9 Å². The van der Waals surface area contributed by atoms with Crippen molar-refractivity contribution in [3.63, 3.8) is 0 Å². The van der Waals surface area contributed by atoms with Crippen LogP contribution < -0.4 is 10.5 Å². The fourth-order valence-corrected chi connectivity index (χ4v) is 1.14. The number of oxime groups is 1. The van der Waals surface area contributed by atoms with E-state index in [1.165, 1.54) is 0 Å². The molecule has 0 amide bonds.